The standard InChI is InChI=1S/C12H20N4O3/c1-3-9-15-10(8-12(18)16-9)13-5-4-11(17)14-6-7-19-2/h8H,3-7H2,1-2H3,(H,14,17)(H2,13,15,16,18). The topological polar surface area (TPSA) is 96.1 Å². The van der Waals surface area contributed by atoms with E-state index >= 15 is 0 Å². The van der Waals surface area contributed by atoms with E-state index in [4.69, 9.17) is 4.74 Å². The molecule has 7 heteroatoms. The Morgan fingerprint density at radius 2 is 2.26 bits per heavy atom. The monoisotopic (exact) mass is 268 g/mol. The normalized spacial score (nSPS) is 10.2. The molecule has 0 spiro atoms. The summed E-state index contributed by atoms with van der Waals surface area (Å²) in [6.45, 7) is 3.33. The van der Waals surface area contributed by atoms with E-state index in [9.17, 15) is 9.59 Å². The number of hydrogen-bond donors (Lipinski definition) is 3. The minimum Gasteiger partial charge on any atom is -0.383 e. The van der Waals surface area contributed by atoms with Crippen molar-refractivity contribution in [1.82, 2.24) is 15.3 Å². The van der Waals surface area contributed by atoms with Gasteiger partial charge in [-0.15, -0.1) is 0 Å². The lowest BCUT2D eigenvalue weighted by molar-refractivity contribution is -0.121. The molecule has 0 unspecified atom stereocenters. The van der Waals surface area contributed by atoms with Gasteiger partial charge in [-0.2, -0.15) is 0 Å². The summed E-state index contributed by atoms with van der Waals surface area (Å²) in [5, 5.41) is 5.67. The fraction of sp³-hybridized carbons (Fsp3) is 0.583. The number of H-pyrrole nitrogens is 1. The van der Waals surface area contributed by atoms with E-state index in [2.05, 4.69) is 20.6 Å². The first kappa shape index (κ1) is 15.2. The number of methoxy groups -OCH3 is 1. The molecule has 0 radical (unpaired) electrons. The fourth-order valence-electron chi connectivity index (χ4n) is 1.45. The van der Waals surface area contributed by atoms with Crippen molar-refractivity contribution in [3.63, 3.8) is 0 Å². The van der Waals surface area contributed by atoms with Crippen LogP contribution in [0.15, 0.2) is 10.9 Å². The van der Waals surface area contributed by atoms with Crippen LogP contribution in [0.25, 0.3) is 0 Å². The first-order valence-corrected chi connectivity index (χ1v) is 6.25. The van der Waals surface area contributed by atoms with Crippen molar-refractivity contribution in [2.75, 3.05) is 32.1 Å². The molecule has 1 aromatic rings. The van der Waals surface area contributed by atoms with Crippen LogP contribution in [-0.2, 0) is 16.0 Å². The lowest BCUT2D eigenvalue weighted by atomic mass is 10.4. The number of carbonyl (C=O) groups excluding carboxylic acids is 1. The Bertz CT molecular complexity index is 459. The van der Waals surface area contributed by atoms with Crippen molar-refractivity contribution in [1.29, 1.82) is 0 Å². The summed E-state index contributed by atoms with van der Waals surface area (Å²) in [5.41, 5.74) is -0.195. The van der Waals surface area contributed by atoms with Gasteiger partial charge in [0.1, 0.15) is 11.6 Å². The van der Waals surface area contributed by atoms with E-state index < -0.39 is 0 Å². The molecule has 1 rings (SSSR count). The Labute approximate surface area is 111 Å². The maximum Gasteiger partial charge on any atom is 0.252 e. The average molecular weight is 268 g/mol. The van der Waals surface area contributed by atoms with E-state index in [0.717, 1.165) is 0 Å². The number of hydrogen-bond acceptors (Lipinski definition) is 5. The third-order valence-corrected chi connectivity index (χ3v) is 2.41. The number of amides is 1. The van der Waals surface area contributed by atoms with Crippen LogP contribution in [0.5, 0.6) is 0 Å². The summed E-state index contributed by atoms with van der Waals surface area (Å²) in [6.07, 6.45) is 0.974. The van der Waals surface area contributed by atoms with Gasteiger partial charge in [-0.1, -0.05) is 6.92 Å². The minimum absolute atomic E-state index is 0.0647. The molecule has 1 aromatic heterocycles. The molecule has 1 heterocycles. The zero-order valence-corrected chi connectivity index (χ0v) is 11.3. The molecule has 0 fully saturated rings. The molecule has 7 nitrogen and oxygen atoms in total. The summed E-state index contributed by atoms with van der Waals surface area (Å²) in [4.78, 5) is 29.6. The van der Waals surface area contributed by atoms with Gasteiger partial charge in [0.05, 0.1) is 6.61 Å². The molecule has 106 valence electrons. The van der Waals surface area contributed by atoms with Crippen LogP contribution in [0.2, 0.25) is 0 Å². The van der Waals surface area contributed by atoms with E-state index in [1.807, 2.05) is 6.92 Å². The van der Waals surface area contributed by atoms with Crippen LogP contribution >= 0.6 is 0 Å². The lowest BCUT2D eigenvalue weighted by Crippen LogP contribution is -2.28. The van der Waals surface area contributed by atoms with Crippen LogP contribution in [0.3, 0.4) is 0 Å². The van der Waals surface area contributed by atoms with Gasteiger partial charge in [-0.05, 0) is 0 Å². The lowest BCUT2D eigenvalue weighted by Gasteiger charge is -2.07. The number of nitrogens with one attached hydrogen (secondary N) is 3. The van der Waals surface area contributed by atoms with Gasteiger partial charge < -0.3 is 20.4 Å². The van der Waals surface area contributed by atoms with Gasteiger partial charge in [0.15, 0.2) is 0 Å². The molecule has 0 atom stereocenters. The number of aromatic amines is 1. The first-order chi connectivity index (χ1) is 9.15. The van der Waals surface area contributed by atoms with Crippen molar-refractivity contribution in [2.45, 2.75) is 19.8 Å². The highest BCUT2D eigenvalue weighted by Crippen LogP contribution is 1.99. The molecular weight excluding hydrogens is 248 g/mol. The summed E-state index contributed by atoms with van der Waals surface area (Å²) in [5.74, 6) is 1.05. The number of ether oxygens (including phenoxy) is 1. The molecule has 0 saturated heterocycles. The van der Waals surface area contributed by atoms with Crippen molar-refractivity contribution in [2.24, 2.45) is 0 Å². The molecular formula is C12H20N4O3. The molecule has 0 aliphatic heterocycles. The third kappa shape index (κ3) is 6.01. The maximum absolute atomic E-state index is 11.4. The minimum atomic E-state index is -0.195. The summed E-state index contributed by atoms with van der Waals surface area (Å²) < 4.78 is 4.83. The first-order valence-electron chi connectivity index (χ1n) is 6.25. The maximum atomic E-state index is 11.4. The van der Waals surface area contributed by atoms with Crippen LogP contribution in [0, 0.1) is 0 Å². The van der Waals surface area contributed by atoms with Gasteiger partial charge in [0.2, 0.25) is 5.91 Å². The van der Waals surface area contributed by atoms with Gasteiger partial charge in [-0.3, -0.25) is 9.59 Å². The average Bonchev–Trinajstić information content (AvgIpc) is 2.38. The summed E-state index contributed by atoms with van der Waals surface area (Å²) in [6, 6.07) is 1.38. The van der Waals surface area contributed by atoms with Crippen LogP contribution < -0.4 is 16.2 Å². The van der Waals surface area contributed by atoms with E-state index in [0.29, 0.717) is 44.2 Å². The van der Waals surface area contributed by atoms with Crippen molar-refractivity contribution < 1.29 is 9.53 Å². The predicted molar refractivity (Wildman–Crippen MR) is 72.2 cm³/mol. The third-order valence-electron chi connectivity index (χ3n) is 2.41. The van der Waals surface area contributed by atoms with E-state index in [1.54, 1.807) is 7.11 Å². The van der Waals surface area contributed by atoms with Crippen LogP contribution in [0.4, 0.5) is 5.82 Å². The van der Waals surface area contributed by atoms with E-state index in [-0.39, 0.29) is 11.5 Å². The number of aryl methyl sites for hydroxylation is 1. The zero-order chi connectivity index (χ0) is 14.1. The molecule has 1 amide bonds. The number of nitrogens with zero attached hydrogens (tertiary/aromatic N) is 1. The molecule has 19 heavy (non-hydrogen) atoms. The molecule has 0 bridgehead atoms. The highest BCUT2D eigenvalue weighted by atomic mass is 16.5. The summed E-state index contributed by atoms with van der Waals surface area (Å²) in [7, 11) is 1.58. The second kappa shape index (κ2) is 8.25. The Hall–Kier alpha value is -1.89. The second-order valence-corrected chi connectivity index (χ2v) is 3.95. The predicted octanol–water partition coefficient (Wildman–Crippen LogP) is -0.103. The van der Waals surface area contributed by atoms with Crippen molar-refractivity contribution in [3.05, 3.63) is 22.2 Å². The number of anilines is 1. The highest BCUT2D eigenvalue weighted by Gasteiger charge is 2.02. The summed E-state index contributed by atoms with van der Waals surface area (Å²) >= 11 is 0. The SMILES string of the molecule is CCc1nc(NCCC(=O)NCCOC)cc(=O)[nH]1. The Kier molecular flexibility index (Phi) is 6.59. The Balaban J connectivity index is 2.34. The molecule has 0 aliphatic carbocycles. The second-order valence-electron chi connectivity index (χ2n) is 3.95. The fourth-order valence-corrected chi connectivity index (χ4v) is 1.45. The zero-order valence-electron chi connectivity index (χ0n) is 11.3. The largest absolute Gasteiger partial charge is 0.383 e. The molecule has 0 aromatic carbocycles. The molecule has 3 N–H and O–H groups in total. The number of aromatic nitrogens is 2. The van der Waals surface area contributed by atoms with Crippen molar-refractivity contribution >= 4 is 11.7 Å². The van der Waals surface area contributed by atoms with Crippen LogP contribution in [0.1, 0.15) is 19.2 Å². The smallest absolute Gasteiger partial charge is 0.252 e. The Morgan fingerprint density at radius 1 is 1.47 bits per heavy atom. The van der Waals surface area contributed by atoms with Crippen LogP contribution in [-0.4, -0.2) is 42.7 Å². The van der Waals surface area contributed by atoms with E-state index in [1.165, 1.54) is 6.07 Å². The van der Waals surface area contributed by atoms with Gasteiger partial charge in [0.25, 0.3) is 5.56 Å². The molecule has 0 aliphatic rings. The highest BCUT2D eigenvalue weighted by molar-refractivity contribution is 5.76. The number of rotatable bonds is 8. The van der Waals surface area contributed by atoms with Crippen molar-refractivity contribution in [3.8, 4) is 0 Å². The van der Waals surface area contributed by atoms with Gasteiger partial charge in [0, 0.05) is 39.1 Å². The van der Waals surface area contributed by atoms with Gasteiger partial charge >= 0.3 is 0 Å². The van der Waals surface area contributed by atoms with Gasteiger partial charge in [-0.25, -0.2) is 4.98 Å². The quantitative estimate of drug-likeness (QED) is 0.572. The number of carbonyl (C=O) groups is 1. The Morgan fingerprint density at radius 3 is 2.95 bits per heavy atom. The molecule has 0 saturated carbocycles.